The van der Waals surface area contributed by atoms with E-state index in [0.29, 0.717) is 0 Å². The summed E-state index contributed by atoms with van der Waals surface area (Å²) in [7, 11) is 0. The van der Waals surface area contributed by atoms with E-state index in [1.165, 1.54) is 24.0 Å². The first kappa shape index (κ1) is 17.8. The van der Waals surface area contributed by atoms with Crippen LogP contribution < -0.4 is 0 Å². The van der Waals surface area contributed by atoms with Crippen molar-refractivity contribution in [1.82, 2.24) is 4.90 Å². The molecule has 0 aliphatic carbocycles. The number of aliphatic hydroxyl groups is 1. The maximum atomic E-state index is 14.0. The SMILES string of the molecule is Cc1ccc(C(=O)N(C/C=C/c2ccccc2)CCO)c(F)c1F. The van der Waals surface area contributed by atoms with Gasteiger partial charge in [0.15, 0.2) is 11.6 Å². The van der Waals surface area contributed by atoms with Crippen LogP contribution in [0.3, 0.4) is 0 Å². The van der Waals surface area contributed by atoms with Crippen molar-refractivity contribution >= 4 is 12.0 Å². The third kappa shape index (κ3) is 4.26. The molecule has 5 heteroatoms. The molecule has 0 heterocycles. The van der Waals surface area contributed by atoms with Gasteiger partial charge in [-0.1, -0.05) is 48.6 Å². The van der Waals surface area contributed by atoms with Gasteiger partial charge < -0.3 is 10.0 Å². The number of aliphatic hydroxyl groups excluding tert-OH is 1. The van der Waals surface area contributed by atoms with Gasteiger partial charge in [0.2, 0.25) is 0 Å². The average Bonchev–Trinajstić information content (AvgIpc) is 2.59. The van der Waals surface area contributed by atoms with Gasteiger partial charge in [-0.15, -0.1) is 0 Å². The normalized spacial score (nSPS) is 11.0. The zero-order chi connectivity index (χ0) is 17.5. The maximum Gasteiger partial charge on any atom is 0.257 e. The molecule has 0 saturated carbocycles. The third-order valence-electron chi connectivity index (χ3n) is 3.60. The molecular weight excluding hydrogens is 312 g/mol. The van der Waals surface area contributed by atoms with Gasteiger partial charge in [-0.25, -0.2) is 8.78 Å². The number of hydrogen-bond donors (Lipinski definition) is 1. The fraction of sp³-hybridized carbons (Fsp3) is 0.211. The van der Waals surface area contributed by atoms with Crippen molar-refractivity contribution in [3.05, 3.63) is 76.9 Å². The van der Waals surface area contributed by atoms with Gasteiger partial charge in [0.05, 0.1) is 12.2 Å². The summed E-state index contributed by atoms with van der Waals surface area (Å²) in [5.41, 5.74) is 0.767. The molecule has 2 aromatic rings. The Morgan fingerprint density at radius 3 is 2.50 bits per heavy atom. The second kappa shape index (κ2) is 8.36. The standard InChI is InChI=1S/C19H19F2NO2/c1-14-9-10-16(18(21)17(14)20)19(24)22(12-13-23)11-5-8-15-6-3-2-4-7-15/h2-10,23H,11-13H2,1H3/b8-5+. The molecule has 3 nitrogen and oxygen atoms in total. The lowest BCUT2D eigenvalue weighted by molar-refractivity contribution is 0.0737. The molecule has 0 fully saturated rings. The number of nitrogens with zero attached hydrogens (tertiary/aromatic N) is 1. The Bertz CT molecular complexity index is 730. The molecule has 0 aliphatic rings. The zero-order valence-electron chi connectivity index (χ0n) is 13.4. The Balaban J connectivity index is 2.16. The minimum Gasteiger partial charge on any atom is -0.395 e. The van der Waals surface area contributed by atoms with Crippen LogP contribution in [0.4, 0.5) is 8.78 Å². The summed E-state index contributed by atoms with van der Waals surface area (Å²) < 4.78 is 27.7. The highest BCUT2D eigenvalue weighted by atomic mass is 19.2. The molecule has 0 atom stereocenters. The molecule has 0 aliphatic heterocycles. The average molecular weight is 331 g/mol. The summed E-state index contributed by atoms with van der Waals surface area (Å²) in [6.07, 6.45) is 3.56. The predicted octanol–water partition coefficient (Wildman–Crippen LogP) is 3.42. The number of benzene rings is 2. The van der Waals surface area contributed by atoms with Gasteiger partial charge >= 0.3 is 0 Å². The van der Waals surface area contributed by atoms with E-state index in [-0.39, 0.29) is 30.8 Å². The van der Waals surface area contributed by atoms with Gasteiger partial charge in [-0.2, -0.15) is 0 Å². The number of halogens is 2. The van der Waals surface area contributed by atoms with Gasteiger partial charge in [-0.05, 0) is 24.1 Å². The fourth-order valence-electron chi connectivity index (χ4n) is 2.26. The van der Waals surface area contributed by atoms with Gasteiger partial charge in [0.1, 0.15) is 0 Å². The van der Waals surface area contributed by atoms with Crippen LogP contribution in [-0.4, -0.2) is 35.6 Å². The van der Waals surface area contributed by atoms with E-state index >= 15 is 0 Å². The smallest absolute Gasteiger partial charge is 0.257 e. The highest BCUT2D eigenvalue weighted by Crippen LogP contribution is 2.17. The fourth-order valence-corrected chi connectivity index (χ4v) is 2.26. The van der Waals surface area contributed by atoms with E-state index in [9.17, 15) is 13.6 Å². The molecule has 2 rings (SSSR count). The van der Waals surface area contributed by atoms with Gasteiger partial charge in [0.25, 0.3) is 5.91 Å². The lowest BCUT2D eigenvalue weighted by Gasteiger charge is -2.20. The van der Waals surface area contributed by atoms with E-state index in [1.54, 1.807) is 6.08 Å². The van der Waals surface area contributed by atoms with Gasteiger partial charge in [0, 0.05) is 13.1 Å². The Hall–Kier alpha value is -2.53. The maximum absolute atomic E-state index is 14.0. The van der Waals surface area contributed by atoms with Crippen LogP contribution in [0.15, 0.2) is 48.5 Å². The van der Waals surface area contributed by atoms with Crippen molar-refractivity contribution in [3.63, 3.8) is 0 Å². The minimum atomic E-state index is -1.16. The first-order valence-corrected chi connectivity index (χ1v) is 7.61. The van der Waals surface area contributed by atoms with Crippen molar-refractivity contribution in [1.29, 1.82) is 0 Å². The molecule has 0 aromatic heterocycles. The van der Waals surface area contributed by atoms with E-state index in [0.717, 1.165) is 5.56 Å². The second-order valence-corrected chi connectivity index (χ2v) is 5.35. The molecular formula is C19H19F2NO2. The van der Waals surface area contributed by atoms with Crippen molar-refractivity contribution in [2.75, 3.05) is 19.7 Å². The van der Waals surface area contributed by atoms with Crippen LogP contribution in [-0.2, 0) is 0 Å². The van der Waals surface area contributed by atoms with Crippen LogP contribution in [0.5, 0.6) is 0 Å². The molecule has 0 bridgehead atoms. The number of carbonyl (C=O) groups is 1. The van der Waals surface area contributed by atoms with E-state index < -0.39 is 17.5 Å². The largest absolute Gasteiger partial charge is 0.395 e. The van der Waals surface area contributed by atoms with Crippen molar-refractivity contribution in [3.8, 4) is 0 Å². The van der Waals surface area contributed by atoms with E-state index in [2.05, 4.69) is 0 Å². The number of rotatable bonds is 6. The lowest BCUT2D eigenvalue weighted by atomic mass is 10.1. The van der Waals surface area contributed by atoms with Crippen LogP contribution >= 0.6 is 0 Å². The first-order chi connectivity index (χ1) is 11.5. The molecule has 1 amide bonds. The first-order valence-electron chi connectivity index (χ1n) is 7.61. The summed E-state index contributed by atoms with van der Waals surface area (Å²) in [6.45, 7) is 1.39. The van der Waals surface area contributed by atoms with Crippen LogP contribution in [0, 0.1) is 18.6 Å². The summed E-state index contributed by atoms with van der Waals surface area (Å²) in [4.78, 5) is 13.7. The number of carbonyl (C=O) groups excluding carboxylic acids is 1. The lowest BCUT2D eigenvalue weighted by Crippen LogP contribution is -2.34. The Morgan fingerprint density at radius 2 is 1.83 bits per heavy atom. The van der Waals surface area contributed by atoms with Crippen LogP contribution in [0.2, 0.25) is 0 Å². The topological polar surface area (TPSA) is 40.5 Å². The van der Waals surface area contributed by atoms with E-state index in [1.807, 2.05) is 36.4 Å². The molecule has 0 saturated heterocycles. The Morgan fingerprint density at radius 1 is 1.12 bits per heavy atom. The number of hydrogen-bond acceptors (Lipinski definition) is 2. The van der Waals surface area contributed by atoms with Gasteiger partial charge in [-0.3, -0.25) is 4.79 Å². The number of aryl methyl sites for hydroxylation is 1. The van der Waals surface area contributed by atoms with Crippen molar-refractivity contribution in [2.45, 2.75) is 6.92 Å². The van der Waals surface area contributed by atoms with Crippen LogP contribution in [0.1, 0.15) is 21.5 Å². The monoisotopic (exact) mass is 331 g/mol. The molecule has 126 valence electrons. The minimum absolute atomic E-state index is 0.0346. The molecule has 0 radical (unpaired) electrons. The molecule has 0 unspecified atom stereocenters. The highest BCUT2D eigenvalue weighted by molar-refractivity contribution is 5.94. The Labute approximate surface area is 139 Å². The zero-order valence-corrected chi connectivity index (χ0v) is 13.4. The molecule has 0 spiro atoms. The van der Waals surface area contributed by atoms with Crippen molar-refractivity contribution < 1.29 is 18.7 Å². The summed E-state index contributed by atoms with van der Waals surface area (Å²) >= 11 is 0. The second-order valence-electron chi connectivity index (χ2n) is 5.35. The molecule has 1 N–H and O–H groups in total. The van der Waals surface area contributed by atoms with Crippen molar-refractivity contribution in [2.24, 2.45) is 0 Å². The Kier molecular flexibility index (Phi) is 6.21. The highest BCUT2D eigenvalue weighted by Gasteiger charge is 2.21. The summed E-state index contributed by atoms with van der Waals surface area (Å²) in [5.74, 6) is -2.84. The predicted molar refractivity (Wildman–Crippen MR) is 89.6 cm³/mol. The molecule has 2 aromatic carbocycles. The van der Waals surface area contributed by atoms with Crippen LogP contribution in [0.25, 0.3) is 6.08 Å². The molecule has 24 heavy (non-hydrogen) atoms. The quantitative estimate of drug-likeness (QED) is 0.881. The third-order valence-corrected chi connectivity index (χ3v) is 3.60. The summed E-state index contributed by atoms with van der Waals surface area (Å²) in [6, 6.07) is 12.1. The number of amides is 1. The summed E-state index contributed by atoms with van der Waals surface area (Å²) in [5, 5.41) is 9.13. The van der Waals surface area contributed by atoms with E-state index in [4.69, 9.17) is 5.11 Å².